The Bertz CT molecular complexity index is 839. The van der Waals surface area contributed by atoms with Gasteiger partial charge in [0, 0.05) is 35.5 Å². The zero-order chi connectivity index (χ0) is 32.5. The van der Waals surface area contributed by atoms with Gasteiger partial charge < -0.3 is 47.1 Å². The monoisotopic (exact) mass is 650 g/mol. The van der Waals surface area contributed by atoms with Crippen LogP contribution in [0.1, 0.15) is 48.0 Å². The first-order valence-electron chi connectivity index (χ1n) is 15.7. The van der Waals surface area contributed by atoms with E-state index < -0.39 is 40.5 Å². The summed E-state index contributed by atoms with van der Waals surface area (Å²) in [7, 11) is -0.191. The summed E-state index contributed by atoms with van der Waals surface area (Å²) in [5, 5.41) is 0.0153. The minimum absolute atomic E-state index is 0.0153. The van der Waals surface area contributed by atoms with Gasteiger partial charge in [-0.05, 0) is 56.4 Å². The molecule has 2 aliphatic rings. The zero-order valence-corrected chi connectivity index (χ0v) is 31.3. The van der Waals surface area contributed by atoms with Crippen LogP contribution in [-0.2, 0) is 47.1 Å². The van der Waals surface area contributed by atoms with Gasteiger partial charge in [0.25, 0.3) is 0 Å². The molecule has 0 N–H and O–H groups in total. The molecule has 0 bridgehead atoms. The minimum atomic E-state index is -2.17. The smallest absolute Gasteiger partial charge is 0.193 e. The molecule has 2 heterocycles. The van der Waals surface area contributed by atoms with Crippen molar-refractivity contribution in [1.29, 1.82) is 0 Å². The van der Waals surface area contributed by atoms with Crippen molar-refractivity contribution in [3.63, 3.8) is 0 Å². The first kappa shape index (κ1) is 38.8. The van der Waals surface area contributed by atoms with E-state index in [1.165, 1.54) is 0 Å². The van der Waals surface area contributed by atoms with Crippen LogP contribution in [0.4, 0.5) is 0 Å². The second-order valence-corrected chi connectivity index (χ2v) is 25.3. The lowest BCUT2D eigenvalue weighted by Gasteiger charge is -2.39. The van der Waals surface area contributed by atoms with Gasteiger partial charge in [-0.25, -0.2) is 0 Å². The van der Waals surface area contributed by atoms with Gasteiger partial charge in [-0.2, -0.15) is 0 Å². The van der Waals surface area contributed by atoms with Crippen LogP contribution in [0.25, 0.3) is 0 Å². The third-order valence-electron chi connectivity index (χ3n) is 8.32. The second-order valence-electron chi connectivity index (χ2n) is 14.9. The van der Waals surface area contributed by atoms with E-state index in [1.807, 2.05) is 13.8 Å². The van der Waals surface area contributed by atoms with Crippen molar-refractivity contribution < 1.29 is 47.1 Å². The predicted octanol–water partition coefficient (Wildman–Crippen LogP) is 6.14. The molecule has 0 spiro atoms. The highest BCUT2D eigenvalue weighted by Gasteiger charge is 2.50. The quantitative estimate of drug-likeness (QED) is 0.0869. The summed E-state index contributed by atoms with van der Waals surface area (Å²) in [5.74, 6) is -0.00643. The molecule has 0 saturated carbocycles. The third-order valence-corrected chi connectivity index (χ3v) is 14.5. The molecule has 0 aromatic carbocycles. The Morgan fingerprint density at radius 2 is 1.60 bits per heavy atom. The Kier molecular flexibility index (Phi) is 15.3. The summed E-state index contributed by atoms with van der Waals surface area (Å²) in [5.41, 5.74) is 0. The number of hydrogen-bond donors (Lipinski definition) is 0. The SMILES string of the molecule is COCOCC[C@@H](C)[C@@H](OCOC)C(OCOCC[Si](C)(C)C)C1=C[C@@H](O[Si](C)(C)C(C)(C)C)[C@@H]([C@@H]2COC(C)(C)O2)O1. The van der Waals surface area contributed by atoms with Crippen LogP contribution in [0.3, 0.4) is 0 Å². The molecule has 2 aliphatic heterocycles. The maximum atomic E-state index is 6.95. The van der Waals surface area contributed by atoms with Crippen molar-refractivity contribution in [2.45, 2.75) is 128 Å². The Labute approximate surface area is 263 Å². The maximum Gasteiger partial charge on any atom is 0.193 e. The molecule has 1 saturated heterocycles. The maximum absolute atomic E-state index is 6.95. The lowest BCUT2D eigenvalue weighted by molar-refractivity contribution is -0.184. The third kappa shape index (κ3) is 12.7. The number of methoxy groups -OCH3 is 2. The van der Waals surface area contributed by atoms with Gasteiger partial charge >= 0.3 is 0 Å². The molecule has 1 unspecified atom stereocenters. The van der Waals surface area contributed by atoms with Crippen LogP contribution >= 0.6 is 0 Å². The molecule has 2 rings (SSSR count). The molecule has 10 nitrogen and oxygen atoms in total. The molecule has 0 amide bonds. The largest absolute Gasteiger partial charge is 0.486 e. The number of hydrogen-bond acceptors (Lipinski definition) is 10. The molecule has 6 atom stereocenters. The van der Waals surface area contributed by atoms with Gasteiger partial charge in [0.05, 0.1) is 12.7 Å². The van der Waals surface area contributed by atoms with Crippen molar-refractivity contribution in [3.05, 3.63) is 11.8 Å². The molecule has 1 fully saturated rings. The van der Waals surface area contributed by atoms with Crippen LogP contribution in [0.15, 0.2) is 11.8 Å². The van der Waals surface area contributed by atoms with Gasteiger partial charge in [-0.1, -0.05) is 47.3 Å². The van der Waals surface area contributed by atoms with Gasteiger partial charge in [0.15, 0.2) is 20.2 Å². The van der Waals surface area contributed by atoms with Gasteiger partial charge in [0.2, 0.25) is 0 Å². The second kappa shape index (κ2) is 17.0. The topological polar surface area (TPSA) is 92.3 Å². The first-order valence-corrected chi connectivity index (χ1v) is 22.3. The fraction of sp³-hybridized carbons (Fsp3) is 0.935. The summed E-state index contributed by atoms with van der Waals surface area (Å²) in [4.78, 5) is 0. The Morgan fingerprint density at radius 3 is 2.16 bits per heavy atom. The Balaban J connectivity index is 2.39. The molecule has 0 aromatic rings. The van der Waals surface area contributed by atoms with Crippen LogP contribution < -0.4 is 0 Å². The highest BCUT2D eigenvalue weighted by atomic mass is 28.4. The van der Waals surface area contributed by atoms with Gasteiger partial charge in [-0.3, -0.25) is 0 Å². The van der Waals surface area contributed by atoms with Crippen molar-refractivity contribution in [2.75, 3.05) is 54.4 Å². The van der Waals surface area contributed by atoms with Crippen LogP contribution in [0.5, 0.6) is 0 Å². The van der Waals surface area contributed by atoms with E-state index in [4.69, 9.17) is 47.1 Å². The normalized spacial score (nSPS) is 25.0. The van der Waals surface area contributed by atoms with Crippen molar-refractivity contribution >= 4 is 16.4 Å². The van der Waals surface area contributed by atoms with E-state index in [9.17, 15) is 0 Å². The molecular weight excluding hydrogens is 589 g/mol. The van der Waals surface area contributed by atoms with E-state index in [1.54, 1.807) is 14.2 Å². The van der Waals surface area contributed by atoms with E-state index in [-0.39, 0.29) is 43.5 Å². The molecule has 0 aliphatic carbocycles. The molecule has 12 heteroatoms. The van der Waals surface area contributed by atoms with Crippen molar-refractivity contribution in [2.24, 2.45) is 5.92 Å². The van der Waals surface area contributed by atoms with Crippen LogP contribution in [0.2, 0.25) is 43.8 Å². The molecule has 0 radical (unpaired) electrons. The van der Waals surface area contributed by atoms with Gasteiger partial charge in [-0.15, -0.1) is 0 Å². The van der Waals surface area contributed by atoms with Crippen LogP contribution in [-0.4, -0.2) is 107 Å². The Hall–Kier alpha value is -0.386. The summed E-state index contributed by atoms with van der Waals surface area (Å²) in [6.45, 7) is 26.2. The highest BCUT2D eigenvalue weighted by molar-refractivity contribution is 6.76. The fourth-order valence-electron chi connectivity index (χ4n) is 4.63. The van der Waals surface area contributed by atoms with E-state index in [0.717, 1.165) is 12.5 Å². The standard InChI is InChI=1S/C31H62O10Si2/c1-23(14-15-34-20-32-7)27(36-21-33-8)29(37-22-35-16-17-42(9,10)11)24-18-25(41-43(12,13)30(2,3)4)28(39-24)26-19-38-31(5,6)40-26/h18,23,25-29H,14-17,19-22H2,1-13H3/t23-,25-,26+,27-,28+,29?/m1/s1. The minimum Gasteiger partial charge on any atom is -0.486 e. The van der Waals surface area contributed by atoms with E-state index >= 15 is 0 Å². The average molecular weight is 651 g/mol. The molecular formula is C31H62O10Si2. The highest BCUT2D eigenvalue weighted by Crippen LogP contribution is 2.42. The lowest BCUT2D eigenvalue weighted by Crippen LogP contribution is -2.49. The predicted molar refractivity (Wildman–Crippen MR) is 172 cm³/mol. The summed E-state index contributed by atoms with van der Waals surface area (Å²) >= 11 is 0. The van der Waals surface area contributed by atoms with E-state index in [2.05, 4.69) is 66.5 Å². The van der Waals surface area contributed by atoms with Crippen LogP contribution in [0, 0.1) is 5.92 Å². The lowest BCUT2D eigenvalue weighted by atomic mass is 9.95. The summed E-state index contributed by atoms with van der Waals surface area (Å²) in [6, 6.07) is 1.05. The fourth-order valence-corrected chi connectivity index (χ4v) is 6.63. The van der Waals surface area contributed by atoms with E-state index in [0.29, 0.717) is 25.6 Å². The molecule has 43 heavy (non-hydrogen) atoms. The van der Waals surface area contributed by atoms with Gasteiger partial charge in [0.1, 0.15) is 44.4 Å². The Morgan fingerprint density at radius 1 is 0.953 bits per heavy atom. The summed E-state index contributed by atoms with van der Waals surface area (Å²) < 4.78 is 60.7. The zero-order valence-electron chi connectivity index (χ0n) is 29.3. The number of rotatable bonds is 20. The summed E-state index contributed by atoms with van der Waals surface area (Å²) in [6.07, 6.45) is 0.791. The molecule has 0 aromatic heterocycles. The van der Waals surface area contributed by atoms with Crippen molar-refractivity contribution in [3.8, 4) is 0 Å². The average Bonchev–Trinajstić information content (AvgIpc) is 3.45. The molecule has 254 valence electrons. The first-order chi connectivity index (χ1) is 19.9. The van der Waals surface area contributed by atoms with Crippen molar-refractivity contribution in [1.82, 2.24) is 0 Å². The number of ether oxygens (including phenoxy) is 9.